The van der Waals surface area contributed by atoms with Crippen LogP contribution in [0.15, 0.2) is 41.4 Å². The normalized spacial score (nSPS) is 19.4. The highest BCUT2D eigenvalue weighted by atomic mass is 32.2. The van der Waals surface area contributed by atoms with Crippen LogP contribution in [0.4, 0.5) is 0 Å². The summed E-state index contributed by atoms with van der Waals surface area (Å²) >= 11 is 0. The first-order chi connectivity index (χ1) is 10.5. The van der Waals surface area contributed by atoms with Gasteiger partial charge in [0.05, 0.1) is 16.5 Å². The van der Waals surface area contributed by atoms with Crippen LogP contribution in [0, 0.1) is 5.92 Å². The number of rotatable bonds is 3. The largest absolute Gasteiger partial charge is 0.355 e. The maximum Gasteiger partial charge on any atom is 0.243 e. The molecular weight excluding hydrogens is 298 g/mol. The summed E-state index contributed by atoms with van der Waals surface area (Å²) in [5.74, 6) is 0.514. The maximum atomic E-state index is 13.0. The van der Waals surface area contributed by atoms with Crippen LogP contribution >= 0.6 is 0 Å². The number of fused-ring (bicyclic) bond motifs is 1. The lowest BCUT2D eigenvalue weighted by Crippen LogP contribution is -2.63. The molecule has 0 bridgehead atoms. The number of piperidine rings is 1. The maximum absolute atomic E-state index is 13.0. The van der Waals surface area contributed by atoms with Crippen LogP contribution in [0.1, 0.15) is 19.8 Å². The average Bonchev–Trinajstić information content (AvgIpc) is 2.54. The van der Waals surface area contributed by atoms with Gasteiger partial charge in [0.15, 0.2) is 0 Å². The second-order valence-electron chi connectivity index (χ2n) is 6.05. The molecule has 1 unspecified atom stereocenters. The first-order valence-electron chi connectivity index (χ1n) is 7.67. The summed E-state index contributed by atoms with van der Waals surface area (Å²) in [7, 11) is -3.46. The summed E-state index contributed by atoms with van der Waals surface area (Å²) in [6.07, 6.45) is 3.44. The minimum Gasteiger partial charge on any atom is -0.355 e. The topological polar surface area (TPSA) is 77.9 Å². The third-order valence-corrected chi connectivity index (χ3v) is 6.48. The van der Waals surface area contributed by atoms with E-state index in [0.717, 1.165) is 12.8 Å². The van der Waals surface area contributed by atoms with Crippen molar-refractivity contribution in [3.8, 4) is 0 Å². The number of sulfonamides is 1. The Hall–Kier alpha value is -1.50. The molecular formula is C16H22N3O2S+. The van der Waals surface area contributed by atoms with Crippen molar-refractivity contribution in [3.05, 3.63) is 36.5 Å². The molecule has 3 rings (SSSR count). The van der Waals surface area contributed by atoms with Crippen molar-refractivity contribution >= 4 is 20.9 Å². The molecule has 2 heterocycles. The third kappa shape index (κ3) is 2.74. The van der Waals surface area contributed by atoms with E-state index in [0.29, 0.717) is 40.8 Å². The van der Waals surface area contributed by atoms with Gasteiger partial charge in [-0.25, -0.2) is 8.42 Å². The number of pyridine rings is 1. The molecule has 2 aromatic rings. The molecule has 1 aliphatic rings. The van der Waals surface area contributed by atoms with Gasteiger partial charge in [-0.3, -0.25) is 4.98 Å². The van der Waals surface area contributed by atoms with Gasteiger partial charge >= 0.3 is 0 Å². The number of hydrogen-bond donors (Lipinski definition) is 1. The zero-order chi connectivity index (χ0) is 15.7. The van der Waals surface area contributed by atoms with Gasteiger partial charge in [0, 0.05) is 30.6 Å². The fourth-order valence-electron chi connectivity index (χ4n) is 3.12. The van der Waals surface area contributed by atoms with Gasteiger partial charge in [0.1, 0.15) is 0 Å². The molecule has 0 radical (unpaired) electrons. The molecule has 5 nitrogen and oxygen atoms in total. The molecule has 1 aromatic heterocycles. The molecule has 0 saturated carbocycles. The van der Waals surface area contributed by atoms with E-state index in [1.54, 1.807) is 28.7 Å². The molecule has 1 aromatic carbocycles. The summed E-state index contributed by atoms with van der Waals surface area (Å²) in [6, 6.07) is 9.23. The Kier molecular flexibility index (Phi) is 4.16. The van der Waals surface area contributed by atoms with Gasteiger partial charge in [0.2, 0.25) is 10.0 Å². The Morgan fingerprint density at radius 2 is 1.95 bits per heavy atom. The van der Waals surface area contributed by atoms with Crippen molar-refractivity contribution in [2.45, 2.75) is 30.7 Å². The van der Waals surface area contributed by atoms with E-state index in [1.807, 2.05) is 12.1 Å². The molecule has 1 atom stereocenters. The highest BCUT2D eigenvalue weighted by Gasteiger charge is 2.32. The fourth-order valence-corrected chi connectivity index (χ4v) is 4.80. The Morgan fingerprint density at radius 1 is 1.23 bits per heavy atom. The second-order valence-corrected chi connectivity index (χ2v) is 7.95. The predicted octanol–water partition coefficient (Wildman–Crippen LogP) is 1.27. The summed E-state index contributed by atoms with van der Waals surface area (Å²) in [5, 5.41) is 0.692. The lowest BCUT2D eigenvalue weighted by molar-refractivity contribution is -0.428. The van der Waals surface area contributed by atoms with E-state index in [4.69, 9.17) is 0 Å². The predicted molar refractivity (Wildman–Crippen MR) is 85.6 cm³/mol. The van der Waals surface area contributed by atoms with E-state index in [2.05, 4.69) is 17.6 Å². The van der Waals surface area contributed by atoms with Gasteiger partial charge in [-0.05, 0) is 44.0 Å². The van der Waals surface area contributed by atoms with Crippen LogP contribution in [0.25, 0.3) is 10.9 Å². The Balaban J connectivity index is 1.93. The first-order valence-corrected chi connectivity index (χ1v) is 9.11. The summed E-state index contributed by atoms with van der Waals surface area (Å²) in [4.78, 5) is 4.60. The molecule has 0 amide bonds. The number of quaternary nitrogens is 1. The lowest BCUT2D eigenvalue weighted by Gasteiger charge is -2.31. The molecule has 1 aliphatic heterocycles. The third-order valence-electron chi connectivity index (χ3n) is 4.53. The van der Waals surface area contributed by atoms with Gasteiger partial charge in [0.25, 0.3) is 0 Å². The van der Waals surface area contributed by atoms with Crippen molar-refractivity contribution in [2.24, 2.45) is 5.92 Å². The van der Waals surface area contributed by atoms with E-state index in [9.17, 15) is 8.42 Å². The van der Waals surface area contributed by atoms with Crippen LogP contribution < -0.4 is 5.73 Å². The van der Waals surface area contributed by atoms with Crippen LogP contribution in [0.3, 0.4) is 0 Å². The molecule has 0 spiro atoms. The Bertz CT molecular complexity index is 761. The number of benzene rings is 1. The van der Waals surface area contributed by atoms with Crippen molar-refractivity contribution in [2.75, 3.05) is 13.1 Å². The van der Waals surface area contributed by atoms with Crippen molar-refractivity contribution in [1.82, 2.24) is 9.29 Å². The minimum atomic E-state index is -3.46. The summed E-state index contributed by atoms with van der Waals surface area (Å²) in [6.45, 7) is 3.25. The van der Waals surface area contributed by atoms with Crippen LogP contribution in [0.5, 0.6) is 0 Å². The molecule has 0 aliphatic carbocycles. The summed E-state index contributed by atoms with van der Waals surface area (Å²) < 4.78 is 27.5. The van der Waals surface area contributed by atoms with E-state index < -0.39 is 10.0 Å². The quantitative estimate of drug-likeness (QED) is 0.925. The molecule has 118 valence electrons. The average molecular weight is 320 g/mol. The molecule has 1 saturated heterocycles. The SMILES string of the molecule is CC([NH3+])C1CCN(S(=O)(=O)c2cccc3ncccc23)CC1. The number of hydrogen-bond acceptors (Lipinski definition) is 3. The van der Waals surface area contributed by atoms with Gasteiger partial charge in [-0.1, -0.05) is 6.07 Å². The van der Waals surface area contributed by atoms with Crippen molar-refractivity contribution < 1.29 is 14.2 Å². The fraction of sp³-hybridized carbons (Fsp3) is 0.438. The van der Waals surface area contributed by atoms with Gasteiger partial charge in [-0.15, -0.1) is 0 Å². The van der Waals surface area contributed by atoms with E-state index >= 15 is 0 Å². The smallest absolute Gasteiger partial charge is 0.243 e. The molecule has 6 heteroatoms. The minimum absolute atomic E-state index is 0.360. The second kappa shape index (κ2) is 5.95. The highest BCUT2D eigenvalue weighted by molar-refractivity contribution is 7.89. The molecule has 3 N–H and O–H groups in total. The van der Waals surface area contributed by atoms with E-state index in [1.165, 1.54) is 0 Å². The Morgan fingerprint density at radius 3 is 2.64 bits per heavy atom. The first kappa shape index (κ1) is 15.4. The van der Waals surface area contributed by atoms with Crippen LogP contribution in [-0.4, -0.2) is 36.8 Å². The van der Waals surface area contributed by atoms with Crippen molar-refractivity contribution in [3.63, 3.8) is 0 Å². The molecule has 1 fully saturated rings. The summed E-state index contributed by atoms with van der Waals surface area (Å²) in [5.41, 5.74) is 4.79. The monoisotopic (exact) mass is 320 g/mol. The number of nitrogens with zero attached hydrogens (tertiary/aromatic N) is 2. The van der Waals surface area contributed by atoms with Crippen LogP contribution in [0.2, 0.25) is 0 Å². The Labute approximate surface area is 131 Å². The number of aromatic nitrogens is 1. The highest BCUT2D eigenvalue weighted by Crippen LogP contribution is 2.28. The lowest BCUT2D eigenvalue weighted by atomic mass is 9.92. The van der Waals surface area contributed by atoms with E-state index in [-0.39, 0.29) is 0 Å². The zero-order valence-corrected chi connectivity index (χ0v) is 13.6. The van der Waals surface area contributed by atoms with Gasteiger partial charge in [-0.2, -0.15) is 4.31 Å². The standard InChI is InChI=1S/C16H21N3O2S/c1-12(17)13-7-10-19(11-8-13)22(20,21)16-6-2-5-15-14(16)4-3-9-18-15/h2-6,9,12-13H,7-8,10-11,17H2,1H3/p+1. The molecule has 22 heavy (non-hydrogen) atoms. The van der Waals surface area contributed by atoms with Crippen LogP contribution in [-0.2, 0) is 10.0 Å². The van der Waals surface area contributed by atoms with Gasteiger partial charge < -0.3 is 5.73 Å². The van der Waals surface area contributed by atoms with Crippen molar-refractivity contribution in [1.29, 1.82) is 0 Å². The zero-order valence-electron chi connectivity index (χ0n) is 12.8.